The minimum absolute atomic E-state index is 0.0977. The lowest BCUT2D eigenvalue weighted by atomic mass is 9.89. The minimum atomic E-state index is -0.0977. The van der Waals surface area contributed by atoms with E-state index in [1.54, 1.807) is 7.11 Å². The molecule has 0 bridgehead atoms. The second-order valence-electron chi connectivity index (χ2n) is 8.52. The van der Waals surface area contributed by atoms with Gasteiger partial charge in [0.15, 0.2) is 0 Å². The molecule has 0 spiro atoms. The summed E-state index contributed by atoms with van der Waals surface area (Å²) in [5.41, 5.74) is 9.92. The molecule has 5 rings (SSSR count). The zero-order valence-corrected chi connectivity index (χ0v) is 17.4. The smallest absolute Gasteiger partial charge is 0.126 e. The van der Waals surface area contributed by atoms with E-state index in [4.69, 9.17) is 4.74 Å². The first-order valence-electron chi connectivity index (χ1n) is 10.1. The van der Waals surface area contributed by atoms with Gasteiger partial charge in [-0.1, -0.05) is 35.9 Å². The Labute approximate surface area is 172 Å². The molecule has 0 aromatic heterocycles. The van der Waals surface area contributed by atoms with Gasteiger partial charge in [0.2, 0.25) is 0 Å². The Balaban J connectivity index is 1.74. The predicted molar refractivity (Wildman–Crippen MR) is 121 cm³/mol. The molecule has 0 atom stereocenters. The fourth-order valence-electron chi connectivity index (χ4n) is 4.59. The monoisotopic (exact) mass is 382 g/mol. The number of aryl methyl sites for hydroxylation is 1. The molecule has 3 heteroatoms. The maximum atomic E-state index is 5.71. The van der Waals surface area contributed by atoms with Crippen molar-refractivity contribution in [2.45, 2.75) is 32.9 Å². The minimum Gasteiger partial charge on any atom is -0.496 e. The molecule has 3 aromatic rings. The largest absolute Gasteiger partial charge is 0.496 e. The average molecular weight is 383 g/mol. The highest BCUT2D eigenvalue weighted by Crippen LogP contribution is 2.49. The van der Waals surface area contributed by atoms with Crippen LogP contribution in [0.2, 0.25) is 0 Å². The van der Waals surface area contributed by atoms with E-state index >= 15 is 0 Å². The van der Waals surface area contributed by atoms with Gasteiger partial charge < -0.3 is 15.0 Å². The van der Waals surface area contributed by atoms with E-state index in [-0.39, 0.29) is 5.54 Å². The Bertz CT molecular complexity index is 1130. The van der Waals surface area contributed by atoms with E-state index in [9.17, 15) is 0 Å². The van der Waals surface area contributed by atoms with Gasteiger partial charge in [0.05, 0.1) is 12.6 Å². The molecular weight excluding hydrogens is 356 g/mol. The number of nitrogens with one attached hydrogen (secondary N) is 1. The third kappa shape index (κ3) is 2.89. The van der Waals surface area contributed by atoms with E-state index in [2.05, 4.69) is 97.7 Å². The second-order valence-corrected chi connectivity index (χ2v) is 8.52. The molecule has 2 heterocycles. The summed E-state index contributed by atoms with van der Waals surface area (Å²) in [5, 5.41) is 3.70. The Morgan fingerprint density at radius 3 is 2.52 bits per heavy atom. The zero-order valence-electron chi connectivity index (χ0n) is 17.4. The summed E-state index contributed by atoms with van der Waals surface area (Å²) in [6.45, 7) is 7.43. The molecule has 0 saturated heterocycles. The lowest BCUT2D eigenvalue weighted by Crippen LogP contribution is -2.33. The van der Waals surface area contributed by atoms with Crippen molar-refractivity contribution in [3.05, 3.63) is 83.4 Å². The molecule has 0 radical (unpaired) electrons. The van der Waals surface area contributed by atoms with Gasteiger partial charge in [0.1, 0.15) is 5.75 Å². The molecule has 146 valence electrons. The summed E-state index contributed by atoms with van der Waals surface area (Å²) in [6, 6.07) is 21.5. The van der Waals surface area contributed by atoms with Crippen molar-refractivity contribution in [1.29, 1.82) is 0 Å². The number of ether oxygens (including phenoxy) is 1. The van der Waals surface area contributed by atoms with Crippen LogP contribution in [-0.4, -0.2) is 12.6 Å². The van der Waals surface area contributed by atoms with E-state index in [0.717, 1.165) is 17.9 Å². The molecule has 3 nitrogen and oxygen atoms in total. The molecule has 0 fully saturated rings. The van der Waals surface area contributed by atoms with Gasteiger partial charge in [-0.2, -0.15) is 0 Å². The van der Waals surface area contributed by atoms with Crippen LogP contribution in [0.1, 0.15) is 30.5 Å². The Morgan fingerprint density at radius 2 is 1.76 bits per heavy atom. The number of hydrogen-bond donors (Lipinski definition) is 1. The van der Waals surface area contributed by atoms with Crippen LogP contribution in [-0.2, 0) is 6.54 Å². The molecule has 2 aliphatic rings. The van der Waals surface area contributed by atoms with Gasteiger partial charge >= 0.3 is 0 Å². The van der Waals surface area contributed by atoms with Crippen LogP contribution < -0.4 is 15.0 Å². The number of hydrogen-bond acceptors (Lipinski definition) is 3. The van der Waals surface area contributed by atoms with Gasteiger partial charge in [-0.25, -0.2) is 0 Å². The van der Waals surface area contributed by atoms with E-state index in [0.29, 0.717) is 0 Å². The third-order valence-corrected chi connectivity index (χ3v) is 5.84. The molecule has 29 heavy (non-hydrogen) atoms. The van der Waals surface area contributed by atoms with Crippen molar-refractivity contribution in [1.82, 2.24) is 0 Å². The van der Waals surface area contributed by atoms with Crippen molar-refractivity contribution < 1.29 is 4.74 Å². The number of rotatable bonds is 3. The Kier molecular flexibility index (Phi) is 3.95. The molecule has 2 aliphatic heterocycles. The van der Waals surface area contributed by atoms with Crippen molar-refractivity contribution in [3.63, 3.8) is 0 Å². The number of benzene rings is 3. The first-order valence-corrected chi connectivity index (χ1v) is 10.1. The lowest BCUT2D eigenvalue weighted by Gasteiger charge is -2.33. The van der Waals surface area contributed by atoms with Crippen molar-refractivity contribution in [2.24, 2.45) is 0 Å². The SMILES string of the molecule is COc1ccc(C)cc1-c1ccc2c3c1CN(c1ccccc1)C3=CC(C)(C)N2. The molecular formula is C26H26N2O. The molecule has 0 aliphatic carbocycles. The number of para-hydroxylation sites is 1. The van der Waals surface area contributed by atoms with Crippen molar-refractivity contribution in [3.8, 4) is 16.9 Å². The Hall–Kier alpha value is -3.20. The molecule has 0 saturated carbocycles. The number of methoxy groups -OCH3 is 1. The van der Waals surface area contributed by atoms with Gasteiger partial charge in [0.25, 0.3) is 0 Å². The van der Waals surface area contributed by atoms with Gasteiger partial charge in [-0.05, 0) is 68.3 Å². The summed E-state index contributed by atoms with van der Waals surface area (Å²) >= 11 is 0. The van der Waals surface area contributed by atoms with Crippen LogP contribution in [0.3, 0.4) is 0 Å². The highest BCUT2D eigenvalue weighted by Gasteiger charge is 2.36. The number of nitrogens with zero attached hydrogens (tertiary/aromatic N) is 1. The summed E-state index contributed by atoms with van der Waals surface area (Å²) in [7, 11) is 1.75. The second kappa shape index (κ2) is 6.41. The topological polar surface area (TPSA) is 24.5 Å². The number of anilines is 2. The fourth-order valence-corrected chi connectivity index (χ4v) is 4.59. The van der Waals surface area contributed by atoms with Crippen LogP contribution in [0.15, 0.2) is 66.7 Å². The van der Waals surface area contributed by atoms with Crippen LogP contribution in [0.25, 0.3) is 16.8 Å². The van der Waals surface area contributed by atoms with Gasteiger partial charge in [0, 0.05) is 34.7 Å². The molecule has 3 aromatic carbocycles. The molecule has 1 N–H and O–H groups in total. The summed E-state index contributed by atoms with van der Waals surface area (Å²) < 4.78 is 5.71. The fraction of sp³-hybridized carbons (Fsp3) is 0.231. The van der Waals surface area contributed by atoms with Gasteiger partial charge in [-0.3, -0.25) is 0 Å². The highest BCUT2D eigenvalue weighted by molar-refractivity contribution is 5.97. The van der Waals surface area contributed by atoms with E-state index < -0.39 is 0 Å². The molecule has 0 amide bonds. The van der Waals surface area contributed by atoms with Gasteiger partial charge in [-0.15, -0.1) is 0 Å². The van der Waals surface area contributed by atoms with Crippen LogP contribution >= 0.6 is 0 Å². The maximum absolute atomic E-state index is 5.71. The standard InChI is InChI=1S/C26H26N2O/c1-17-10-13-24(29-4)20(14-17)19-11-12-22-25-21(19)16-28(18-8-6-5-7-9-18)23(25)15-26(2,3)27-22/h5-15,27H,16H2,1-4H3. The summed E-state index contributed by atoms with van der Waals surface area (Å²) in [4.78, 5) is 2.43. The predicted octanol–water partition coefficient (Wildman–Crippen LogP) is 6.24. The zero-order chi connectivity index (χ0) is 20.2. The Morgan fingerprint density at radius 1 is 0.966 bits per heavy atom. The average Bonchev–Trinajstić information content (AvgIpc) is 3.08. The summed E-state index contributed by atoms with van der Waals surface area (Å²) in [6.07, 6.45) is 2.36. The van der Waals surface area contributed by atoms with Crippen LogP contribution in [0, 0.1) is 6.92 Å². The van der Waals surface area contributed by atoms with E-state index in [1.165, 1.54) is 39.3 Å². The third-order valence-electron chi connectivity index (χ3n) is 5.84. The first kappa shape index (κ1) is 17.9. The molecule has 0 unspecified atom stereocenters. The van der Waals surface area contributed by atoms with Crippen LogP contribution in [0.5, 0.6) is 5.75 Å². The normalized spacial score (nSPS) is 16.1. The van der Waals surface area contributed by atoms with E-state index in [1.807, 2.05) is 0 Å². The quantitative estimate of drug-likeness (QED) is 0.581. The maximum Gasteiger partial charge on any atom is 0.126 e. The van der Waals surface area contributed by atoms with Crippen molar-refractivity contribution in [2.75, 3.05) is 17.3 Å². The highest BCUT2D eigenvalue weighted by atomic mass is 16.5. The van der Waals surface area contributed by atoms with Crippen LogP contribution in [0.4, 0.5) is 11.4 Å². The summed E-state index contributed by atoms with van der Waals surface area (Å²) in [5.74, 6) is 0.916. The van der Waals surface area contributed by atoms with Crippen molar-refractivity contribution >= 4 is 17.1 Å². The first-order chi connectivity index (χ1) is 14.0. The lowest BCUT2D eigenvalue weighted by molar-refractivity contribution is 0.416.